The predicted molar refractivity (Wildman–Crippen MR) is 155 cm³/mol. The van der Waals surface area contributed by atoms with Gasteiger partial charge < -0.3 is 26.0 Å². The number of likely N-dealkylation sites (N-methyl/N-ethyl adjacent to an activating group) is 1. The standard InChI is InChI=1S/C27H38N6O5S.ClH/c1-18-8-12-33(39(36,37)22-7-6-20-9-11-31(2)17-21(20)14-22)27(15-18,25(35)38-3)24(34)23(28)13-19-5-4-10-32(16-19)26(29)30;/h5-8,14,23H,4,9-13,15-17,28H2,1-3H3,(H3,29,30);1H/t23?,27-;/m0./s1. The number of carbonyl (C=O) groups excluding carboxylic acids is 2. The summed E-state index contributed by atoms with van der Waals surface area (Å²) in [7, 11) is -1.19. The zero-order valence-electron chi connectivity index (χ0n) is 23.2. The zero-order valence-corrected chi connectivity index (χ0v) is 24.8. The molecule has 0 bridgehead atoms. The lowest BCUT2D eigenvalue weighted by atomic mass is 9.80. The number of sulfonamides is 1. The Balaban J connectivity index is 0.00000441. The van der Waals surface area contributed by atoms with E-state index in [4.69, 9.17) is 21.6 Å². The monoisotopic (exact) mass is 594 g/mol. The topological polar surface area (TPSA) is 163 Å². The lowest BCUT2D eigenvalue weighted by molar-refractivity contribution is -0.158. The molecule has 3 heterocycles. The Hall–Kier alpha value is -2.77. The average Bonchev–Trinajstić information content (AvgIpc) is 2.91. The maximum absolute atomic E-state index is 14.2. The van der Waals surface area contributed by atoms with Crippen LogP contribution in [0, 0.1) is 5.41 Å². The molecule has 0 fully saturated rings. The van der Waals surface area contributed by atoms with Gasteiger partial charge in [0.25, 0.3) is 0 Å². The third-order valence-electron chi connectivity index (χ3n) is 7.85. The molecule has 0 spiro atoms. The molecule has 3 aliphatic rings. The number of benzene rings is 1. The second-order valence-corrected chi connectivity index (χ2v) is 12.5. The van der Waals surface area contributed by atoms with Crippen LogP contribution in [0.1, 0.15) is 37.3 Å². The fraction of sp³-hybridized carbons (Fsp3) is 0.519. The summed E-state index contributed by atoms with van der Waals surface area (Å²) >= 11 is 0. The molecule has 0 radical (unpaired) electrons. The van der Waals surface area contributed by atoms with E-state index >= 15 is 0 Å². The number of rotatable bonds is 7. The lowest BCUT2D eigenvalue weighted by Crippen LogP contribution is -2.67. The maximum atomic E-state index is 14.2. The minimum absolute atomic E-state index is 0. The van der Waals surface area contributed by atoms with Crippen LogP contribution in [-0.2, 0) is 37.3 Å². The first-order chi connectivity index (χ1) is 18.4. The van der Waals surface area contributed by atoms with Crippen LogP contribution < -0.4 is 11.5 Å². The number of ketones is 1. The summed E-state index contributed by atoms with van der Waals surface area (Å²) in [6, 6.07) is 3.81. The Morgan fingerprint density at radius 3 is 2.58 bits per heavy atom. The van der Waals surface area contributed by atoms with Crippen molar-refractivity contribution in [3.8, 4) is 0 Å². The number of hydrogen-bond donors (Lipinski definition) is 3. The summed E-state index contributed by atoms with van der Waals surface area (Å²) in [4.78, 5) is 31.4. The summed E-state index contributed by atoms with van der Waals surface area (Å²) in [5.41, 5.74) is 13.4. The average molecular weight is 595 g/mol. The van der Waals surface area contributed by atoms with Crippen LogP contribution in [0.15, 0.2) is 46.4 Å². The Morgan fingerprint density at radius 2 is 1.90 bits per heavy atom. The predicted octanol–water partition coefficient (Wildman–Crippen LogP) is 1.16. The number of hydrogen-bond acceptors (Lipinski definition) is 8. The fourth-order valence-corrected chi connectivity index (χ4v) is 7.42. The zero-order chi connectivity index (χ0) is 28.5. The van der Waals surface area contributed by atoms with E-state index in [1.165, 1.54) is 0 Å². The molecule has 0 aliphatic carbocycles. The molecule has 13 heteroatoms. The molecule has 0 saturated heterocycles. The van der Waals surface area contributed by atoms with Crippen molar-refractivity contribution in [1.82, 2.24) is 14.1 Å². The summed E-state index contributed by atoms with van der Waals surface area (Å²) < 4.78 is 34.4. The van der Waals surface area contributed by atoms with Gasteiger partial charge in [-0.25, -0.2) is 13.2 Å². The molecule has 0 aromatic heterocycles. The fourth-order valence-electron chi connectivity index (χ4n) is 5.73. The van der Waals surface area contributed by atoms with E-state index in [1.54, 1.807) is 30.0 Å². The Kier molecular flexibility index (Phi) is 9.84. The van der Waals surface area contributed by atoms with Crippen LogP contribution >= 0.6 is 12.4 Å². The van der Waals surface area contributed by atoms with Gasteiger partial charge in [0, 0.05) is 39.1 Å². The van der Waals surface area contributed by atoms with Crippen molar-refractivity contribution in [2.45, 2.75) is 55.6 Å². The molecular formula is C27H39ClN6O5S. The van der Waals surface area contributed by atoms with Crippen molar-refractivity contribution in [1.29, 1.82) is 5.41 Å². The number of nitrogens with two attached hydrogens (primary N) is 2. The number of fused-ring (bicyclic) bond motifs is 1. The largest absolute Gasteiger partial charge is 0.467 e. The van der Waals surface area contributed by atoms with Gasteiger partial charge in [0.05, 0.1) is 18.0 Å². The van der Waals surface area contributed by atoms with Gasteiger partial charge in [-0.3, -0.25) is 10.2 Å². The van der Waals surface area contributed by atoms with E-state index in [0.717, 1.165) is 41.1 Å². The van der Waals surface area contributed by atoms with Crippen molar-refractivity contribution >= 4 is 40.1 Å². The van der Waals surface area contributed by atoms with Crippen LogP contribution in [-0.4, -0.2) is 92.2 Å². The number of Topliss-reactive ketones (excluding diaryl/α,β-unsaturated/α-hetero) is 1. The van der Waals surface area contributed by atoms with Crippen molar-refractivity contribution in [2.75, 3.05) is 40.3 Å². The number of guanidine groups is 1. The summed E-state index contributed by atoms with van der Waals surface area (Å²) in [6.45, 7) is 4.00. The molecule has 1 aromatic rings. The highest BCUT2D eigenvalue weighted by Gasteiger charge is 2.58. The first-order valence-electron chi connectivity index (χ1n) is 13.0. The van der Waals surface area contributed by atoms with Gasteiger partial charge in [-0.15, -0.1) is 12.4 Å². The van der Waals surface area contributed by atoms with E-state index in [1.807, 2.05) is 19.2 Å². The van der Waals surface area contributed by atoms with E-state index in [2.05, 4.69) is 4.90 Å². The Morgan fingerprint density at radius 1 is 1.18 bits per heavy atom. The number of methoxy groups -OCH3 is 1. The molecule has 3 aliphatic heterocycles. The highest BCUT2D eigenvalue weighted by Crippen LogP contribution is 2.37. The molecule has 1 aromatic carbocycles. The van der Waals surface area contributed by atoms with E-state index in [9.17, 15) is 18.0 Å². The van der Waals surface area contributed by atoms with Crippen LogP contribution in [0.5, 0.6) is 0 Å². The van der Waals surface area contributed by atoms with Crippen LogP contribution in [0.2, 0.25) is 0 Å². The second kappa shape index (κ2) is 12.4. The third kappa shape index (κ3) is 5.96. The van der Waals surface area contributed by atoms with Gasteiger partial charge in [0.1, 0.15) is 0 Å². The van der Waals surface area contributed by atoms with Crippen LogP contribution in [0.25, 0.3) is 0 Å². The molecular weight excluding hydrogens is 556 g/mol. The Bertz CT molecular complexity index is 1350. The smallest absolute Gasteiger partial charge is 0.335 e. The molecule has 4 rings (SSSR count). The number of nitrogens with zero attached hydrogens (tertiary/aromatic N) is 3. The minimum Gasteiger partial charge on any atom is -0.467 e. The molecule has 11 nitrogen and oxygen atoms in total. The molecule has 1 unspecified atom stereocenters. The van der Waals surface area contributed by atoms with Gasteiger partial charge in [-0.1, -0.05) is 29.4 Å². The molecule has 2 atom stereocenters. The van der Waals surface area contributed by atoms with Gasteiger partial charge in [0.15, 0.2) is 17.3 Å². The summed E-state index contributed by atoms with van der Waals surface area (Å²) in [5.74, 6) is -1.75. The normalized spacial score (nSPS) is 22.8. The Labute approximate surface area is 242 Å². The number of ether oxygens (including phenoxy) is 1. The summed E-state index contributed by atoms with van der Waals surface area (Å²) in [5, 5.41) is 7.72. The molecule has 220 valence electrons. The number of esters is 1. The minimum atomic E-state index is -4.31. The lowest BCUT2D eigenvalue weighted by Gasteiger charge is -2.43. The van der Waals surface area contributed by atoms with Crippen LogP contribution in [0.4, 0.5) is 0 Å². The van der Waals surface area contributed by atoms with Crippen molar-refractivity contribution in [3.63, 3.8) is 0 Å². The van der Waals surface area contributed by atoms with Crippen molar-refractivity contribution in [2.24, 2.45) is 11.5 Å². The molecule has 0 amide bonds. The SMILES string of the molecule is COC(=O)[C@@]1(C(=O)C(N)CC2=CCCN(C(=N)N)C2)CC(C)=CCN1S(=O)(=O)c1ccc2c(c1)CN(C)CC2.Cl. The van der Waals surface area contributed by atoms with E-state index in [-0.39, 0.29) is 42.6 Å². The van der Waals surface area contributed by atoms with Crippen LogP contribution in [0.3, 0.4) is 0 Å². The van der Waals surface area contributed by atoms with Gasteiger partial charge in [0.2, 0.25) is 10.0 Å². The number of carbonyl (C=O) groups is 2. The van der Waals surface area contributed by atoms with E-state index < -0.39 is 33.4 Å². The van der Waals surface area contributed by atoms with Crippen molar-refractivity contribution < 1.29 is 22.7 Å². The molecule has 5 N–H and O–H groups in total. The quantitative estimate of drug-likeness (QED) is 0.138. The molecule has 40 heavy (non-hydrogen) atoms. The highest BCUT2D eigenvalue weighted by atomic mass is 35.5. The number of nitrogens with one attached hydrogen (secondary N) is 1. The molecule has 0 saturated carbocycles. The highest BCUT2D eigenvalue weighted by molar-refractivity contribution is 7.89. The number of halogens is 1. The summed E-state index contributed by atoms with van der Waals surface area (Å²) in [6.07, 6.45) is 5.04. The second-order valence-electron chi connectivity index (χ2n) is 10.7. The first-order valence-corrected chi connectivity index (χ1v) is 14.5. The van der Waals surface area contributed by atoms with E-state index in [0.29, 0.717) is 31.6 Å². The van der Waals surface area contributed by atoms with Crippen molar-refractivity contribution in [3.05, 3.63) is 52.6 Å². The van der Waals surface area contributed by atoms with Gasteiger partial charge in [-0.2, -0.15) is 4.31 Å². The van der Waals surface area contributed by atoms with Gasteiger partial charge >= 0.3 is 5.97 Å². The maximum Gasteiger partial charge on any atom is 0.335 e. The first kappa shape index (κ1) is 31.8. The van der Waals surface area contributed by atoms with Gasteiger partial charge in [-0.05, 0) is 56.5 Å². The third-order valence-corrected chi connectivity index (χ3v) is 9.74.